The van der Waals surface area contributed by atoms with Gasteiger partial charge < -0.3 is 11.1 Å². The van der Waals surface area contributed by atoms with Gasteiger partial charge in [0.2, 0.25) is 0 Å². The summed E-state index contributed by atoms with van der Waals surface area (Å²) in [6, 6.07) is 3.76. The van der Waals surface area contributed by atoms with Crippen LogP contribution in [0.4, 0.5) is 10.8 Å². The number of aromatic nitrogens is 2. The lowest BCUT2D eigenvalue weighted by Crippen LogP contribution is -2.05. The molecule has 0 saturated heterocycles. The van der Waals surface area contributed by atoms with Gasteiger partial charge in [0.25, 0.3) is 0 Å². The van der Waals surface area contributed by atoms with Crippen LogP contribution in [0.3, 0.4) is 0 Å². The number of nitrogens with two attached hydrogens (primary N) is 1. The summed E-state index contributed by atoms with van der Waals surface area (Å²) in [5.41, 5.74) is 6.80. The van der Waals surface area contributed by atoms with E-state index < -0.39 is 0 Å². The maximum absolute atomic E-state index is 5.56. The van der Waals surface area contributed by atoms with Crippen LogP contribution >= 0.6 is 11.3 Å². The first-order valence-electron chi connectivity index (χ1n) is 4.61. The smallest absolute Gasteiger partial charge is 0.149 e. The third-order valence-electron chi connectivity index (χ3n) is 2.00. The monoisotopic (exact) mass is 220 g/mol. The molecule has 15 heavy (non-hydrogen) atoms. The van der Waals surface area contributed by atoms with Crippen LogP contribution in [0.15, 0.2) is 23.7 Å². The van der Waals surface area contributed by atoms with Crippen molar-refractivity contribution in [2.45, 2.75) is 13.5 Å². The fraction of sp³-hybridized carbons (Fsp3) is 0.200. The van der Waals surface area contributed by atoms with Crippen molar-refractivity contribution >= 4 is 22.2 Å². The molecule has 0 unspecified atom stereocenters. The molecular formula is C10H12N4S. The second-order valence-corrected chi connectivity index (χ2v) is 4.10. The molecule has 0 aliphatic carbocycles. The lowest BCUT2D eigenvalue weighted by molar-refractivity contribution is 0.956. The van der Waals surface area contributed by atoms with E-state index in [1.165, 1.54) is 5.56 Å². The third-order valence-corrected chi connectivity index (χ3v) is 2.97. The number of nitrogen functional groups attached to an aromatic ring is 1. The largest absolute Gasteiger partial charge is 0.384 e. The summed E-state index contributed by atoms with van der Waals surface area (Å²) < 4.78 is 0. The standard InChI is InChI=1S/C10H12N4S/c1-7-3-5-15-10(7)13-6-9-12-4-2-8(11)14-9/h2-5,13H,6H2,1H3,(H2,11,12,14). The Morgan fingerprint density at radius 1 is 1.47 bits per heavy atom. The minimum Gasteiger partial charge on any atom is -0.384 e. The van der Waals surface area contributed by atoms with Gasteiger partial charge in [-0.2, -0.15) is 0 Å². The van der Waals surface area contributed by atoms with Crippen LogP contribution in [0.2, 0.25) is 0 Å². The molecule has 0 spiro atoms. The summed E-state index contributed by atoms with van der Waals surface area (Å²) in [7, 11) is 0. The highest BCUT2D eigenvalue weighted by Crippen LogP contribution is 2.22. The summed E-state index contributed by atoms with van der Waals surface area (Å²) in [6.07, 6.45) is 1.67. The first-order chi connectivity index (χ1) is 7.25. The third kappa shape index (κ3) is 2.44. The highest BCUT2D eigenvalue weighted by atomic mass is 32.1. The lowest BCUT2D eigenvalue weighted by atomic mass is 10.3. The fourth-order valence-corrected chi connectivity index (χ4v) is 2.03. The van der Waals surface area contributed by atoms with Gasteiger partial charge in [0.05, 0.1) is 11.5 Å². The van der Waals surface area contributed by atoms with E-state index in [1.54, 1.807) is 23.6 Å². The van der Waals surface area contributed by atoms with Crippen molar-refractivity contribution in [1.82, 2.24) is 9.97 Å². The van der Waals surface area contributed by atoms with Gasteiger partial charge in [-0.1, -0.05) is 0 Å². The molecule has 0 fully saturated rings. The highest BCUT2D eigenvalue weighted by molar-refractivity contribution is 7.14. The summed E-state index contributed by atoms with van der Waals surface area (Å²) >= 11 is 1.68. The second-order valence-electron chi connectivity index (χ2n) is 3.18. The number of anilines is 2. The van der Waals surface area contributed by atoms with Gasteiger partial charge in [-0.3, -0.25) is 0 Å². The average Bonchev–Trinajstić information content (AvgIpc) is 2.61. The number of nitrogens with one attached hydrogen (secondary N) is 1. The molecule has 2 aromatic rings. The molecule has 4 nitrogen and oxygen atoms in total. The van der Waals surface area contributed by atoms with Crippen molar-refractivity contribution in [2.75, 3.05) is 11.1 Å². The van der Waals surface area contributed by atoms with E-state index in [0.717, 1.165) is 5.00 Å². The fourth-order valence-electron chi connectivity index (χ4n) is 1.21. The summed E-state index contributed by atoms with van der Waals surface area (Å²) in [4.78, 5) is 8.23. The van der Waals surface area contributed by atoms with Gasteiger partial charge >= 0.3 is 0 Å². The van der Waals surface area contributed by atoms with Crippen molar-refractivity contribution in [1.29, 1.82) is 0 Å². The summed E-state index contributed by atoms with van der Waals surface area (Å²) in [5.74, 6) is 1.22. The summed E-state index contributed by atoms with van der Waals surface area (Å²) in [5, 5.41) is 6.48. The van der Waals surface area contributed by atoms with Gasteiger partial charge in [-0.15, -0.1) is 11.3 Å². The molecule has 2 rings (SSSR count). The Bertz CT molecular complexity index is 452. The van der Waals surface area contributed by atoms with Crippen molar-refractivity contribution in [3.05, 3.63) is 35.1 Å². The maximum atomic E-state index is 5.56. The van der Waals surface area contributed by atoms with Gasteiger partial charge in [-0.25, -0.2) is 9.97 Å². The SMILES string of the molecule is Cc1ccsc1NCc1nccc(N)n1. The van der Waals surface area contributed by atoms with Crippen LogP contribution in [0.25, 0.3) is 0 Å². The quantitative estimate of drug-likeness (QED) is 0.830. The van der Waals surface area contributed by atoms with Crippen LogP contribution in [0.1, 0.15) is 11.4 Å². The van der Waals surface area contributed by atoms with E-state index in [9.17, 15) is 0 Å². The Hall–Kier alpha value is -1.62. The Morgan fingerprint density at radius 2 is 2.33 bits per heavy atom. The van der Waals surface area contributed by atoms with Crippen LogP contribution < -0.4 is 11.1 Å². The number of nitrogens with zero attached hydrogens (tertiary/aromatic N) is 2. The van der Waals surface area contributed by atoms with E-state index in [2.05, 4.69) is 33.7 Å². The van der Waals surface area contributed by atoms with Crippen molar-refractivity contribution < 1.29 is 0 Å². The zero-order valence-electron chi connectivity index (χ0n) is 8.40. The van der Waals surface area contributed by atoms with Gasteiger partial charge in [-0.05, 0) is 30.0 Å². The molecule has 0 radical (unpaired) electrons. The van der Waals surface area contributed by atoms with Gasteiger partial charge in [0.1, 0.15) is 11.6 Å². The molecule has 0 aliphatic rings. The van der Waals surface area contributed by atoms with E-state index in [1.807, 2.05) is 0 Å². The molecule has 0 aromatic carbocycles. The van der Waals surface area contributed by atoms with Crippen LogP contribution in [-0.4, -0.2) is 9.97 Å². The molecule has 5 heteroatoms. The lowest BCUT2D eigenvalue weighted by Gasteiger charge is -2.04. The summed E-state index contributed by atoms with van der Waals surface area (Å²) in [6.45, 7) is 2.67. The van der Waals surface area contributed by atoms with E-state index >= 15 is 0 Å². The number of hydrogen-bond donors (Lipinski definition) is 2. The zero-order chi connectivity index (χ0) is 10.7. The first-order valence-corrected chi connectivity index (χ1v) is 5.49. The molecule has 0 bridgehead atoms. The van der Waals surface area contributed by atoms with E-state index in [-0.39, 0.29) is 0 Å². The zero-order valence-corrected chi connectivity index (χ0v) is 9.21. The Morgan fingerprint density at radius 3 is 3.00 bits per heavy atom. The predicted molar refractivity (Wildman–Crippen MR) is 62.8 cm³/mol. The molecule has 2 heterocycles. The Kier molecular flexibility index (Phi) is 2.82. The molecule has 0 saturated carbocycles. The highest BCUT2D eigenvalue weighted by Gasteiger charge is 2.00. The molecule has 2 aromatic heterocycles. The average molecular weight is 220 g/mol. The van der Waals surface area contributed by atoms with Crippen LogP contribution in [0, 0.1) is 6.92 Å². The number of hydrogen-bond acceptors (Lipinski definition) is 5. The van der Waals surface area contributed by atoms with Crippen LogP contribution in [0.5, 0.6) is 0 Å². The van der Waals surface area contributed by atoms with Gasteiger partial charge in [0.15, 0.2) is 0 Å². The number of thiophene rings is 1. The van der Waals surface area contributed by atoms with Gasteiger partial charge in [0, 0.05) is 6.20 Å². The van der Waals surface area contributed by atoms with E-state index in [4.69, 9.17) is 5.73 Å². The Labute approximate surface area is 92.2 Å². The predicted octanol–water partition coefficient (Wildman–Crippen LogP) is 2.04. The normalized spacial score (nSPS) is 10.2. The number of rotatable bonds is 3. The molecule has 0 amide bonds. The molecule has 3 N–H and O–H groups in total. The van der Waals surface area contributed by atoms with E-state index in [0.29, 0.717) is 18.2 Å². The van der Waals surface area contributed by atoms with Crippen molar-refractivity contribution in [3.63, 3.8) is 0 Å². The molecule has 78 valence electrons. The molecule has 0 aliphatic heterocycles. The maximum Gasteiger partial charge on any atom is 0.149 e. The molecule has 0 atom stereocenters. The molecular weight excluding hydrogens is 208 g/mol. The second kappa shape index (κ2) is 4.27. The minimum atomic E-state index is 0.504. The topological polar surface area (TPSA) is 63.8 Å². The number of aryl methyl sites for hydroxylation is 1. The van der Waals surface area contributed by atoms with Crippen molar-refractivity contribution in [2.24, 2.45) is 0 Å². The minimum absolute atomic E-state index is 0.504. The first kappa shape index (κ1) is 9.92. The van der Waals surface area contributed by atoms with Crippen molar-refractivity contribution in [3.8, 4) is 0 Å². The van der Waals surface area contributed by atoms with Crippen LogP contribution in [-0.2, 0) is 6.54 Å². The Balaban J connectivity index is 2.02.